The minimum atomic E-state index is -1.04. The van der Waals surface area contributed by atoms with Crippen LogP contribution in [0.2, 0.25) is 0 Å². The third-order valence-corrected chi connectivity index (χ3v) is 7.13. The van der Waals surface area contributed by atoms with Crippen molar-refractivity contribution in [2.45, 2.75) is 98.0 Å². The highest BCUT2D eigenvalue weighted by molar-refractivity contribution is 5.82. The molecule has 0 aliphatic heterocycles. The number of carbonyl (C=O) groups excluding carboxylic acids is 2. The molecular formula is C38H55NO8. The van der Waals surface area contributed by atoms with Crippen molar-refractivity contribution in [2.24, 2.45) is 5.41 Å². The van der Waals surface area contributed by atoms with Crippen LogP contribution in [0.1, 0.15) is 91.0 Å². The number of hydrogen-bond donors (Lipinski definition) is 4. The second-order valence-electron chi connectivity index (χ2n) is 12.1. The van der Waals surface area contributed by atoms with Gasteiger partial charge in [0.15, 0.2) is 11.5 Å². The van der Waals surface area contributed by atoms with Crippen molar-refractivity contribution in [3.63, 3.8) is 0 Å². The molecule has 0 heterocycles. The number of aliphatic carboxylic acids is 1. The summed E-state index contributed by atoms with van der Waals surface area (Å²) in [6.07, 6.45) is 24.9. The lowest BCUT2D eigenvalue weighted by molar-refractivity contribution is -0.157. The molecule has 0 aliphatic rings. The number of aromatic hydroxyl groups is 2. The molecule has 0 spiro atoms. The van der Waals surface area contributed by atoms with Crippen LogP contribution < -0.4 is 5.32 Å². The molecule has 0 fully saturated rings. The van der Waals surface area contributed by atoms with Crippen LogP contribution in [0.25, 0.3) is 0 Å². The first-order valence-electron chi connectivity index (χ1n) is 16.5. The first kappa shape index (κ1) is 40.9. The van der Waals surface area contributed by atoms with Crippen LogP contribution >= 0.6 is 0 Å². The Morgan fingerprint density at radius 3 is 2.17 bits per heavy atom. The monoisotopic (exact) mass is 653 g/mol. The van der Waals surface area contributed by atoms with Gasteiger partial charge in [-0.1, -0.05) is 87.1 Å². The lowest BCUT2D eigenvalue weighted by Crippen LogP contribution is -2.48. The topological polar surface area (TPSA) is 142 Å². The van der Waals surface area contributed by atoms with E-state index in [0.717, 1.165) is 38.5 Å². The van der Waals surface area contributed by atoms with Gasteiger partial charge in [0, 0.05) is 18.4 Å². The van der Waals surface area contributed by atoms with Crippen molar-refractivity contribution in [3.8, 4) is 11.5 Å². The predicted molar refractivity (Wildman–Crippen MR) is 186 cm³/mol. The second-order valence-corrected chi connectivity index (χ2v) is 12.1. The summed E-state index contributed by atoms with van der Waals surface area (Å²) in [6.45, 7) is 7.77. The number of unbranched alkanes of at least 4 members (excludes halogenated alkanes) is 1. The fourth-order valence-corrected chi connectivity index (χ4v) is 4.47. The summed E-state index contributed by atoms with van der Waals surface area (Å²) in [5.74, 6) is -2.41. The molecular weight excluding hydrogens is 598 g/mol. The van der Waals surface area contributed by atoms with Gasteiger partial charge in [0.2, 0.25) is 5.91 Å². The molecule has 0 saturated carbocycles. The van der Waals surface area contributed by atoms with Gasteiger partial charge in [0.25, 0.3) is 0 Å². The first-order chi connectivity index (χ1) is 22.5. The number of rotatable bonds is 24. The van der Waals surface area contributed by atoms with Crippen LogP contribution in [0.5, 0.6) is 11.5 Å². The van der Waals surface area contributed by atoms with E-state index < -0.39 is 23.4 Å². The third-order valence-electron chi connectivity index (χ3n) is 7.13. The fourth-order valence-electron chi connectivity index (χ4n) is 4.47. The molecule has 260 valence electrons. The highest BCUT2D eigenvalue weighted by atomic mass is 16.5. The SMILES string of the molecule is CCC=C(C)CC=CCC=CCC=CCC=CCCCC(=O)OCC(C)(C)C(OCCc1ccc(O)c(O)c1)C(=O)NCCC(=O)O. The van der Waals surface area contributed by atoms with Crippen molar-refractivity contribution in [2.75, 3.05) is 19.8 Å². The first-order valence-corrected chi connectivity index (χ1v) is 16.5. The minimum absolute atomic E-state index is 0.0642. The standard InChI is InChI=1S/C38H55NO8/c1-5-19-30(2)20-17-15-13-11-9-7-6-8-10-12-14-16-18-21-35(44)47-29-38(3,4)36(37(45)39-26-24-34(42)43)46-27-25-31-22-23-32(40)33(41)28-31/h6,8-9,11-12,14-15,17,19,22-23,28,36,40-41H,5,7,10,13,16,18,20-21,24-27,29H2,1-4H3,(H,39,45)(H,42,43). The molecule has 0 aliphatic carbocycles. The van der Waals surface area contributed by atoms with Crippen LogP contribution in [0.3, 0.4) is 0 Å². The molecule has 0 saturated heterocycles. The van der Waals surface area contributed by atoms with E-state index in [2.05, 4.69) is 73.8 Å². The number of phenolic OH excluding ortho intramolecular Hbond substituents is 2. The van der Waals surface area contributed by atoms with E-state index in [-0.39, 0.29) is 50.1 Å². The number of benzene rings is 1. The molecule has 4 N–H and O–H groups in total. The summed E-state index contributed by atoms with van der Waals surface area (Å²) in [6, 6.07) is 4.41. The quantitative estimate of drug-likeness (QED) is 0.0389. The van der Waals surface area contributed by atoms with Crippen LogP contribution in [0.15, 0.2) is 78.5 Å². The maximum Gasteiger partial charge on any atom is 0.305 e. The molecule has 47 heavy (non-hydrogen) atoms. The van der Waals surface area contributed by atoms with Gasteiger partial charge in [0.1, 0.15) is 6.10 Å². The smallest absolute Gasteiger partial charge is 0.305 e. The van der Waals surface area contributed by atoms with Gasteiger partial charge in [-0.3, -0.25) is 14.4 Å². The second kappa shape index (κ2) is 24.1. The Kier molecular flexibility index (Phi) is 21.0. The molecule has 1 unspecified atom stereocenters. The van der Waals surface area contributed by atoms with Crippen LogP contribution in [-0.2, 0) is 30.3 Å². The molecule has 0 bridgehead atoms. The zero-order chi connectivity index (χ0) is 34.9. The maximum atomic E-state index is 12.9. The third kappa shape index (κ3) is 19.9. The summed E-state index contributed by atoms with van der Waals surface area (Å²) in [7, 11) is 0. The van der Waals surface area contributed by atoms with E-state index in [0.29, 0.717) is 18.4 Å². The zero-order valence-corrected chi connectivity index (χ0v) is 28.6. The summed E-state index contributed by atoms with van der Waals surface area (Å²) in [5.41, 5.74) is 1.18. The highest BCUT2D eigenvalue weighted by Gasteiger charge is 2.37. The van der Waals surface area contributed by atoms with Crippen molar-refractivity contribution in [1.82, 2.24) is 5.32 Å². The number of carboxylic acids is 1. The van der Waals surface area contributed by atoms with Crippen molar-refractivity contribution >= 4 is 17.8 Å². The number of allylic oxidation sites excluding steroid dienone is 10. The van der Waals surface area contributed by atoms with Crippen LogP contribution in [0.4, 0.5) is 0 Å². The van der Waals surface area contributed by atoms with E-state index in [1.165, 1.54) is 17.7 Å². The molecule has 1 amide bonds. The van der Waals surface area contributed by atoms with Gasteiger partial charge in [-0.05, 0) is 76.0 Å². The largest absolute Gasteiger partial charge is 0.504 e. The number of nitrogens with one attached hydrogen (secondary N) is 1. The number of phenols is 2. The van der Waals surface area contributed by atoms with Crippen LogP contribution in [0, 0.1) is 5.41 Å². The van der Waals surface area contributed by atoms with Crippen molar-refractivity contribution < 1.29 is 39.2 Å². The predicted octanol–water partition coefficient (Wildman–Crippen LogP) is 7.50. The summed E-state index contributed by atoms with van der Waals surface area (Å²) < 4.78 is 11.4. The van der Waals surface area contributed by atoms with Crippen molar-refractivity contribution in [1.29, 1.82) is 0 Å². The highest BCUT2D eigenvalue weighted by Crippen LogP contribution is 2.27. The molecule has 1 rings (SSSR count). The fraction of sp³-hybridized carbons (Fsp3) is 0.500. The average Bonchev–Trinajstić information content (AvgIpc) is 3.01. The van der Waals surface area contributed by atoms with E-state index in [1.807, 2.05) is 0 Å². The molecule has 1 atom stereocenters. The lowest BCUT2D eigenvalue weighted by atomic mass is 9.86. The zero-order valence-electron chi connectivity index (χ0n) is 28.6. The number of carbonyl (C=O) groups is 3. The van der Waals surface area contributed by atoms with E-state index in [9.17, 15) is 24.6 Å². The minimum Gasteiger partial charge on any atom is -0.504 e. The van der Waals surface area contributed by atoms with Gasteiger partial charge in [0.05, 0.1) is 19.6 Å². The van der Waals surface area contributed by atoms with Crippen LogP contribution in [-0.4, -0.2) is 59.0 Å². The summed E-state index contributed by atoms with van der Waals surface area (Å²) >= 11 is 0. The van der Waals surface area contributed by atoms with Gasteiger partial charge >= 0.3 is 11.9 Å². The molecule has 0 radical (unpaired) electrons. The lowest BCUT2D eigenvalue weighted by Gasteiger charge is -2.32. The summed E-state index contributed by atoms with van der Waals surface area (Å²) in [4.78, 5) is 36.3. The molecule has 9 nitrogen and oxygen atoms in total. The number of amides is 1. The van der Waals surface area contributed by atoms with Gasteiger partial charge in [-0.15, -0.1) is 0 Å². The Balaban J connectivity index is 2.42. The Morgan fingerprint density at radius 2 is 1.55 bits per heavy atom. The number of hydrogen-bond acceptors (Lipinski definition) is 7. The number of esters is 1. The Hall–Kier alpha value is -4.11. The van der Waals surface area contributed by atoms with E-state index >= 15 is 0 Å². The molecule has 1 aromatic carbocycles. The Bertz CT molecular complexity index is 1240. The normalized spacial score (nSPS) is 13.2. The number of carboxylic acid groups (broad SMARTS) is 1. The average molecular weight is 654 g/mol. The summed E-state index contributed by atoms with van der Waals surface area (Å²) in [5, 5.41) is 30.7. The van der Waals surface area contributed by atoms with Gasteiger partial charge < -0.3 is 30.1 Å². The van der Waals surface area contributed by atoms with E-state index in [4.69, 9.17) is 14.6 Å². The van der Waals surface area contributed by atoms with Gasteiger partial charge in [-0.2, -0.15) is 0 Å². The number of ether oxygens (including phenoxy) is 2. The Labute approximate surface area is 280 Å². The van der Waals surface area contributed by atoms with Crippen molar-refractivity contribution in [3.05, 3.63) is 84.0 Å². The molecule has 9 heteroatoms. The molecule has 0 aromatic heterocycles. The molecule has 1 aromatic rings. The maximum absolute atomic E-state index is 12.9. The Morgan fingerprint density at radius 1 is 0.915 bits per heavy atom. The van der Waals surface area contributed by atoms with Gasteiger partial charge in [-0.25, -0.2) is 0 Å². The van der Waals surface area contributed by atoms with E-state index in [1.54, 1.807) is 19.9 Å².